The Morgan fingerprint density at radius 1 is 1.22 bits per heavy atom. The van der Waals surface area contributed by atoms with Gasteiger partial charge in [0.15, 0.2) is 0 Å². The van der Waals surface area contributed by atoms with Crippen LogP contribution >= 0.6 is 0 Å². The van der Waals surface area contributed by atoms with Gasteiger partial charge in [-0.2, -0.15) is 0 Å². The molecule has 7 N–H and O–H groups in total. The fraction of sp³-hybridized carbons (Fsp3) is 0.261. The molecule has 0 saturated heterocycles. The number of carbonyl (C=O) groups is 1. The van der Waals surface area contributed by atoms with Gasteiger partial charge in [-0.3, -0.25) is 15.4 Å². The zero-order chi connectivity index (χ0) is 23.3. The molecule has 0 fully saturated rings. The molecule has 3 rings (SSSR count). The van der Waals surface area contributed by atoms with Crippen molar-refractivity contribution < 1.29 is 9.53 Å². The molecule has 0 aliphatic heterocycles. The monoisotopic (exact) mass is 436 g/mol. The highest BCUT2D eigenvalue weighted by Gasteiger charge is 2.13. The van der Waals surface area contributed by atoms with E-state index in [1.807, 2.05) is 13.0 Å². The van der Waals surface area contributed by atoms with Crippen LogP contribution in [0.1, 0.15) is 35.8 Å². The summed E-state index contributed by atoms with van der Waals surface area (Å²) < 4.78 is 5.50. The Labute approximate surface area is 185 Å². The molecule has 3 aromatic rings. The maximum Gasteiger partial charge on any atom is 0.257 e. The topological polar surface area (TPSA) is 148 Å². The van der Waals surface area contributed by atoms with Gasteiger partial charge in [-0.15, -0.1) is 0 Å². The average molecular weight is 437 g/mol. The molecule has 168 valence electrons. The van der Waals surface area contributed by atoms with Gasteiger partial charge in [-0.1, -0.05) is 0 Å². The van der Waals surface area contributed by atoms with Gasteiger partial charge in [-0.25, -0.2) is 4.98 Å². The average Bonchev–Trinajstić information content (AvgIpc) is 2.77. The first-order chi connectivity index (χ1) is 15.3. The summed E-state index contributed by atoms with van der Waals surface area (Å²) in [5.41, 5.74) is 12.1. The number of carbonyl (C=O) groups excluding carboxylic acids is 1. The van der Waals surface area contributed by atoms with Crippen molar-refractivity contribution in [2.45, 2.75) is 26.7 Å². The number of aryl methyl sites for hydroxylation is 1. The summed E-state index contributed by atoms with van der Waals surface area (Å²) in [6.07, 6.45) is 1.31. The van der Waals surface area contributed by atoms with E-state index in [-0.39, 0.29) is 11.5 Å². The van der Waals surface area contributed by atoms with Gasteiger partial charge in [0.1, 0.15) is 5.75 Å². The molecular weight excluding hydrogens is 408 g/mol. The minimum atomic E-state index is -0.235. The Balaban J connectivity index is 1.84. The van der Waals surface area contributed by atoms with E-state index < -0.39 is 0 Å². The number of hydrogen-bond acceptors (Lipinski definition) is 7. The quantitative estimate of drug-likeness (QED) is 0.206. The van der Waals surface area contributed by atoms with E-state index >= 15 is 0 Å². The Bertz CT molecular complexity index is 1230. The maximum atomic E-state index is 12.6. The number of allylic oxidation sites excluding steroid dienone is 2. The first kappa shape index (κ1) is 22.8. The SMILES string of the molecule is COc1cc(-c2ccc(C)[nH]c2=O)nc2cc(C(=O)NCCC/C(NN)=C(\C)N)ccc12. The van der Waals surface area contributed by atoms with Crippen LogP contribution in [0.15, 0.2) is 52.6 Å². The van der Waals surface area contributed by atoms with Crippen molar-refractivity contribution in [3.8, 4) is 17.0 Å². The molecule has 2 heterocycles. The number of nitrogens with one attached hydrogen (secondary N) is 3. The van der Waals surface area contributed by atoms with Crippen LogP contribution in [0.3, 0.4) is 0 Å². The van der Waals surface area contributed by atoms with E-state index in [1.165, 1.54) is 0 Å². The predicted molar refractivity (Wildman–Crippen MR) is 125 cm³/mol. The largest absolute Gasteiger partial charge is 0.496 e. The maximum absolute atomic E-state index is 12.6. The van der Waals surface area contributed by atoms with Gasteiger partial charge in [0, 0.05) is 40.6 Å². The minimum absolute atomic E-state index is 0.220. The van der Waals surface area contributed by atoms with Gasteiger partial charge in [0.05, 0.1) is 23.9 Å². The van der Waals surface area contributed by atoms with E-state index in [0.717, 1.165) is 16.8 Å². The Morgan fingerprint density at radius 3 is 2.66 bits per heavy atom. The summed E-state index contributed by atoms with van der Waals surface area (Å²) in [5, 5.41) is 3.64. The lowest BCUT2D eigenvalue weighted by molar-refractivity contribution is 0.0953. The standard InChI is InChI=1S/C23H28N6O3/c1-13-6-8-17(23(31)27-13)20-12-21(32-3)16-9-7-15(11-19(16)28-20)22(30)26-10-4-5-18(29-25)14(2)24/h6-9,11-12,29H,4-5,10,24-25H2,1-3H3,(H,26,30)(H,27,31)/b18-14-. The van der Waals surface area contributed by atoms with Crippen LogP contribution in [0, 0.1) is 6.92 Å². The van der Waals surface area contributed by atoms with Crippen LogP contribution < -0.4 is 32.6 Å². The van der Waals surface area contributed by atoms with E-state index in [9.17, 15) is 9.59 Å². The number of ether oxygens (including phenoxy) is 1. The molecule has 0 spiro atoms. The van der Waals surface area contributed by atoms with Crippen molar-refractivity contribution in [3.63, 3.8) is 0 Å². The second-order valence-electron chi connectivity index (χ2n) is 7.49. The summed E-state index contributed by atoms with van der Waals surface area (Å²) in [4.78, 5) is 32.4. The highest BCUT2D eigenvalue weighted by atomic mass is 16.5. The number of hydrogen-bond donors (Lipinski definition) is 5. The number of rotatable bonds is 8. The molecule has 1 amide bonds. The number of methoxy groups -OCH3 is 1. The van der Waals surface area contributed by atoms with Crippen LogP contribution in [0.5, 0.6) is 5.75 Å². The van der Waals surface area contributed by atoms with E-state index in [1.54, 1.807) is 44.4 Å². The first-order valence-corrected chi connectivity index (χ1v) is 10.2. The summed E-state index contributed by atoms with van der Waals surface area (Å²) in [5.74, 6) is 5.79. The number of fused-ring (bicyclic) bond motifs is 1. The third kappa shape index (κ3) is 5.06. The van der Waals surface area contributed by atoms with Crippen molar-refractivity contribution in [2.24, 2.45) is 11.6 Å². The number of hydrazine groups is 1. The third-order valence-electron chi connectivity index (χ3n) is 5.12. The highest BCUT2D eigenvalue weighted by Crippen LogP contribution is 2.29. The third-order valence-corrected chi connectivity index (χ3v) is 5.12. The minimum Gasteiger partial charge on any atom is -0.496 e. The van der Waals surface area contributed by atoms with Gasteiger partial charge in [0.2, 0.25) is 0 Å². The smallest absolute Gasteiger partial charge is 0.257 e. The second kappa shape index (κ2) is 9.97. The second-order valence-corrected chi connectivity index (χ2v) is 7.49. The number of H-pyrrole nitrogens is 1. The summed E-state index contributed by atoms with van der Waals surface area (Å²) >= 11 is 0. The van der Waals surface area contributed by atoms with E-state index in [0.29, 0.717) is 53.2 Å². The Morgan fingerprint density at radius 2 is 2.00 bits per heavy atom. The molecule has 9 nitrogen and oxygen atoms in total. The predicted octanol–water partition coefficient (Wildman–Crippen LogP) is 2.07. The summed E-state index contributed by atoms with van der Waals surface area (Å²) in [7, 11) is 1.56. The molecule has 0 aliphatic carbocycles. The number of aromatic nitrogens is 2. The van der Waals surface area contributed by atoms with Gasteiger partial charge in [0.25, 0.3) is 11.5 Å². The first-order valence-electron chi connectivity index (χ1n) is 10.2. The van der Waals surface area contributed by atoms with Crippen LogP contribution in [-0.2, 0) is 0 Å². The molecule has 0 aliphatic rings. The van der Waals surface area contributed by atoms with Crippen molar-refractivity contribution >= 4 is 16.8 Å². The zero-order valence-electron chi connectivity index (χ0n) is 18.4. The fourth-order valence-corrected chi connectivity index (χ4v) is 3.37. The van der Waals surface area contributed by atoms with Crippen molar-refractivity contribution in [1.82, 2.24) is 20.7 Å². The lowest BCUT2D eigenvalue weighted by atomic mass is 10.1. The van der Waals surface area contributed by atoms with Crippen molar-refractivity contribution in [2.75, 3.05) is 13.7 Å². The van der Waals surface area contributed by atoms with Gasteiger partial charge < -0.3 is 26.2 Å². The normalized spacial score (nSPS) is 11.8. The van der Waals surface area contributed by atoms with Gasteiger partial charge >= 0.3 is 0 Å². The van der Waals surface area contributed by atoms with Crippen molar-refractivity contribution in [1.29, 1.82) is 0 Å². The number of nitrogens with two attached hydrogens (primary N) is 2. The lowest BCUT2D eigenvalue weighted by Crippen LogP contribution is -2.27. The lowest BCUT2D eigenvalue weighted by Gasteiger charge is -2.11. The molecular formula is C23H28N6O3. The van der Waals surface area contributed by atoms with Crippen molar-refractivity contribution in [3.05, 3.63) is 69.4 Å². The Hall–Kier alpha value is -3.85. The molecule has 32 heavy (non-hydrogen) atoms. The molecule has 9 heteroatoms. The molecule has 0 bridgehead atoms. The highest BCUT2D eigenvalue weighted by molar-refractivity contribution is 5.99. The molecule has 0 saturated carbocycles. The van der Waals surface area contributed by atoms with E-state index in [2.05, 4.69) is 20.7 Å². The number of amides is 1. The van der Waals surface area contributed by atoms with Crippen LogP contribution in [0.2, 0.25) is 0 Å². The number of aromatic amines is 1. The van der Waals surface area contributed by atoms with E-state index in [4.69, 9.17) is 16.3 Å². The van der Waals surface area contributed by atoms with Crippen LogP contribution in [-0.4, -0.2) is 29.5 Å². The van der Waals surface area contributed by atoms with Crippen LogP contribution in [0.4, 0.5) is 0 Å². The number of benzene rings is 1. The summed E-state index contributed by atoms with van der Waals surface area (Å²) in [6, 6.07) is 10.5. The number of nitrogens with zero attached hydrogens (tertiary/aromatic N) is 1. The molecule has 0 radical (unpaired) electrons. The summed E-state index contributed by atoms with van der Waals surface area (Å²) in [6.45, 7) is 4.04. The molecule has 0 unspecified atom stereocenters. The molecule has 0 atom stereocenters. The molecule has 2 aromatic heterocycles. The van der Waals surface area contributed by atoms with Crippen LogP contribution in [0.25, 0.3) is 22.2 Å². The Kier molecular flexibility index (Phi) is 7.11. The molecule has 1 aromatic carbocycles. The zero-order valence-corrected chi connectivity index (χ0v) is 18.4. The fourth-order valence-electron chi connectivity index (χ4n) is 3.37. The number of pyridine rings is 2. The van der Waals surface area contributed by atoms with Gasteiger partial charge in [-0.05, 0) is 57.0 Å².